The number of halogens is 1. The van der Waals surface area contributed by atoms with E-state index in [-0.39, 0.29) is 11.2 Å². The number of fused-ring (bicyclic) bond motifs is 1. The van der Waals surface area contributed by atoms with Crippen LogP contribution >= 0.6 is 0 Å². The summed E-state index contributed by atoms with van der Waals surface area (Å²) in [7, 11) is 1.60. The van der Waals surface area contributed by atoms with Gasteiger partial charge in [0.15, 0.2) is 0 Å². The number of hydrogen-bond acceptors (Lipinski definition) is 3. The van der Waals surface area contributed by atoms with Crippen LogP contribution in [0.25, 0.3) is 10.9 Å². The van der Waals surface area contributed by atoms with Crippen LogP contribution in [-0.4, -0.2) is 22.6 Å². The van der Waals surface area contributed by atoms with Crippen LogP contribution in [-0.2, 0) is 11.8 Å². The van der Waals surface area contributed by atoms with Crippen LogP contribution in [0, 0.1) is 5.82 Å². The summed E-state index contributed by atoms with van der Waals surface area (Å²) in [6.45, 7) is 6.18. The van der Waals surface area contributed by atoms with Gasteiger partial charge in [-0.25, -0.2) is 4.39 Å². The third-order valence-electron chi connectivity index (χ3n) is 4.81. The minimum atomic E-state index is -0.477. The van der Waals surface area contributed by atoms with Crippen LogP contribution < -0.4 is 10.5 Å². The molecular weight excluding hydrogens is 329 g/mol. The third kappa shape index (κ3) is 3.88. The molecule has 0 bridgehead atoms. The molecule has 1 aromatic carbocycles. The Bertz CT molecular complexity index is 882. The Kier molecular flexibility index (Phi) is 4.76. The maximum absolute atomic E-state index is 13.8. The van der Waals surface area contributed by atoms with Crippen LogP contribution in [0.5, 0.6) is 5.75 Å². The summed E-state index contributed by atoms with van der Waals surface area (Å²) in [6, 6.07) is 8.72. The number of aromatic amines is 1. The lowest BCUT2D eigenvalue weighted by Crippen LogP contribution is -2.44. The molecule has 2 aromatic heterocycles. The molecule has 0 saturated heterocycles. The number of pyridine rings is 1. The molecule has 0 aliphatic rings. The molecule has 1 atom stereocenters. The second-order valence-corrected chi connectivity index (χ2v) is 7.99. The molecule has 0 fully saturated rings. The lowest BCUT2D eigenvalue weighted by Gasteiger charge is -2.36. The van der Waals surface area contributed by atoms with E-state index in [1.807, 2.05) is 19.2 Å². The second kappa shape index (κ2) is 6.72. The number of benzene rings is 1. The maximum atomic E-state index is 13.8. The van der Waals surface area contributed by atoms with Gasteiger partial charge in [0.1, 0.15) is 11.6 Å². The van der Waals surface area contributed by atoms with Gasteiger partial charge >= 0.3 is 0 Å². The molecule has 0 spiro atoms. The van der Waals surface area contributed by atoms with Gasteiger partial charge in [-0.1, -0.05) is 13.8 Å². The van der Waals surface area contributed by atoms with Crippen molar-refractivity contribution in [3.63, 3.8) is 0 Å². The van der Waals surface area contributed by atoms with Gasteiger partial charge in [-0.15, -0.1) is 0 Å². The quantitative estimate of drug-likeness (QED) is 0.691. The predicted molar refractivity (Wildman–Crippen MR) is 103 cm³/mol. The van der Waals surface area contributed by atoms with E-state index in [2.05, 4.69) is 29.9 Å². The molecule has 3 aromatic rings. The highest BCUT2D eigenvalue weighted by molar-refractivity contribution is 5.79. The van der Waals surface area contributed by atoms with Gasteiger partial charge in [0, 0.05) is 34.8 Å². The number of nitrogens with one attached hydrogen (secondary N) is 1. The Hall–Kier alpha value is -2.40. The second-order valence-electron chi connectivity index (χ2n) is 7.99. The topological polar surface area (TPSA) is 63.9 Å². The van der Waals surface area contributed by atoms with Crippen molar-refractivity contribution in [2.24, 2.45) is 5.73 Å². The number of hydrogen-bond donors (Lipinski definition) is 2. The zero-order chi connectivity index (χ0) is 18.9. The van der Waals surface area contributed by atoms with Crippen molar-refractivity contribution in [1.82, 2.24) is 9.97 Å². The molecule has 26 heavy (non-hydrogen) atoms. The largest absolute Gasteiger partial charge is 0.496 e. The Morgan fingerprint density at radius 1 is 1.19 bits per heavy atom. The van der Waals surface area contributed by atoms with E-state index in [1.54, 1.807) is 25.4 Å². The van der Waals surface area contributed by atoms with Gasteiger partial charge in [0.05, 0.1) is 18.8 Å². The summed E-state index contributed by atoms with van der Waals surface area (Å²) in [5, 5.41) is 1.12. The van der Waals surface area contributed by atoms with E-state index >= 15 is 0 Å². The number of aromatic nitrogens is 2. The van der Waals surface area contributed by atoms with Gasteiger partial charge in [0.2, 0.25) is 0 Å². The monoisotopic (exact) mass is 355 g/mol. The minimum absolute atomic E-state index is 0.268. The Morgan fingerprint density at radius 3 is 2.65 bits per heavy atom. The van der Waals surface area contributed by atoms with E-state index in [1.165, 1.54) is 6.07 Å². The summed E-state index contributed by atoms with van der Waals surface area (Å²) in [5.74, 6) is 0.416. The molecule has 3 N–H and O–H groups in total. The number of H-pyrrole nitrogens is 1. The summed E-state index contributed by atoms with van der Waals surface area (Å²) in [4.78, 5) is 7.52. The van der Waals surface area contributed by atoms with Crippen molar-refractivity contribution in [2.45, 2.75) is 44.6 Å². The molecule has 138 valence electrons. The molecular formula is C21H26FN3O. The van der Waals surface area contributed by atoms with Crippen molar-refractivity contribution in [3.05, 3.63) is 59.8 Å². The molecule has 2 heterocycles. The van der Waals surface area contributed by atoms with Gasteiger partial charge in [-0.05, 0) is 49.1 Å². The van der Waals surface area contributed by atoms with E-state index in [4.69, 9.17) is 10.5 Å². The maximum Gasteiger partial charge on any atom is 0.123 e. The van der Waals surface area contributed by atoms with Crippen LogP contribution in [0.3, 0.4) is 0 Å². The molecule has 1 unspecified atom stereocenters. The van der Waals surface area contributed by atoms with Gasteiger partial charge in [0.25, 0.3) is 0 Å². The molecule has 0 aliphatic heterocycles. The number of rotatable bonds is 6. The zero-order valence-corrected chi connectivity index (χ0v) is 15.8. The third-order valence-corrected chi connectivity index (χ3v) is 4.81. The predicted octanol–water partition coefficient (Wildman–Crippen LogP) is 4.34. The lowest BCUT2D eigenvalue weighted by atomic mass is 9.73. The fraction of sp³-hybridized carbons (Fsp3) is 0.381. The highest BCUT2D eigenvalue weighted by Crippen LogP contribution is 2.38. The van der Waals surface area contributed by atoms with Gasteiger partial charge in [-0.2, -0.15) is 0 Å². The Labute approximate surface area is 153 Å². The van der Waals surface area contributed by atoms with Crippen molar-refractivity contribution in [3.8, 4) is 5.75 Å². The summed E-state index contributed by atoms with van der Waals surface area (Å²) in [6.07, 6.45) is 4.95. The van der Waals surface area contributed by atoms with E-state index in [0.717, 1.165) is 22.2 Å². The van der Waals surface area contributed by atoms with E-state index in [9.17, 15) is 4.39 Å². The molecule has 0 radical (unpaired) electrons. The summed E-state index contributed by atoms with van der Waals surface area (Å²) in [5.41, 5.74) is 8.74. The molecule has 4 nitrogen and oxygen atoms in total. The molecule has 3 rings (SSSR count). The number of methoxy groups -OCH3 is 1. The first-order valence-corrected chi connectivity index (χ1v) is 8.75. The molecule has 0 saturated carbocycles. The van der Waals surface area contributed by atoms with Crippen LogP contribution in [0.15, 0.2) is 42.7 Å². The number of ether oxygens (including phenoxy) is 1. The molecule has 0 amide bonds. The van der Waals surface area contributed by atoms with E-state index < -0.39 is 5.54 Å². The van der Waals surface area contributed by atoms with Crippen molar-refractivity contribution < 1.29 is 9.13 Å². The average molecular weight is 355 g/mol. The summed E-state index contributed by atoms with van der Waals surface area (Å²) >= 11 is 0. The SMILES string of the molecule is COc1ccc(F)cc1C(C)(C)CC(C)(N)Cc1cc2ccncc2[nH]1. The smallest absolute Gasteiger partial charge is 0.123 e. The fourth-order valence-electron chi connectivity index (χ4n) is 3.94. The molecule has 5 heteroatoms. The fourth-order valence-corrected chi connectivity index (χ4v) is 3.94. The Balaban J connectivity index is 1.84. The van der Waals surface area contributed by atoms with Crippen molar-refractivity contribution in [1.29, 1.82) is 0 Å². The minimum Gasteiger partial charge on any atom is -0.496 e. The number of nitrogens with two attached hydrogens (primary N) is 1. The highest BCUT2D eigenvalue weighted by Gasteiger charge is 2.33. The molecule has 0 aliphatic carbocycles. The lowest BCUT2D eigenvalue weighted by molar-refractivity contribution is 0.311. The van der Waals surface area contributed by atoms with Gasteiger partial charge < -0.3 is 15.5 Å². The zero-order valence-electron chi connectivity index (χ0n) is 15.8. The van der Waals surface area contributed by atoms with E-state index in [0.29, 0.717) is 18.6 Å². The van der Waals surface area contributed by atoms with Gasteiger partial charge in [-0.3, -0.25) is 4.98 Å². The van der Waals surface area contributed by atoms with Crippen LogP contribution in [0.2, 0.25) is 0 Å². The Morgan fingerprint density at radius 2 is 1.96 bits per heavy atom. The van der Waals surface area contributed by atoms with Crippen LogP contribution in [0.1, 0.15) is 38.4 Å². The van der Waals surface area contributed by atoms with Crippen LogP contribution in [0.4, 0.5) is 4.39 Å². The normalized spacial score (nSPS) is 14.4. The van der Waals surface area contributed by atoms with Crippen molar-refractivity contribution in [2.75, 3.05) is 7.11 Å². The summed E-state index contributed by atoms with van der Waals surface area (Å²) < 4.78 is 19.3. The first-order chi connectivity index (χ1) is 12.2. The first-order valence-electron chi connectivity index (χ1n) is 8.75. The average Bonchev–Trinajstić information content (AvgIpc) is 2.94. The van der Waals surface area contributed by atoms with Crippen molar-refractivity contribution >= 4 is 10.9 Å². The first kappa shape index (κ1) is 18.4. The highest BCUT2D eigenvalue weighted by atomic mass is 19.1. The standard InChI is InChI=1S/C21H26FN3O/c1-20(2,17-10-15(22)5-6-19(17)26-4)13-21(3,23)11-16-9-14-7-8-24-12-18(14)25-16/h5-10,12,25H,11,13,23H2,1-4H3. The number of nitrogens with zero attached hydrogens (tertiary/aromatic N) is 1.